The third-order valence-corrected chi connectivity index (χ3v) is 2.38. The summed E-state index contributed by atoms with van der Waals surface area (Å²) in [6.07, 6.45) is 0. The molecule has 0 aliphatic carbocycles. The Bertz CT molecular complexity index is 535. The van der Waals surface area contributed by atoms with Gasteiger partial charge in [-0.1, -0.05) is 17.7 Å². The smallest absolute Gasteiger partial charge is 0.354 e. The minimum atomic E-state index is -0.565. The molecular formula is C10H7ClFNO2. The van der Waals surface area contributed by atoms with Gasteiger partial charge >= 0.3 is 5.97 Å². The number of carbonyl (C=O) groups excluding carboxylic acids is 1. The summed E-state index contributed by atoms with van der Waals surface area (Å²) in [4.78, 5) is 13.8. The van der Waals surface area contributed by atoms with E-state index in [-0.39, 0.29) is 16.2 Å². The molecule has 0 saturated carbocycles. The number of carbonyl (C=O) groups is 1. The fraction of sp³-hybridized carbons (Fsp3) is 0.100. The van der Waals surface area contributed by atoms with E-state index in [2.05, 4.69) is 9.72 Å². The van der Waals surface area contributed by atoms with Gasteiger partial charge in [-0.25, -0.2) is 9.18 Å². The summed E-state index contributed by atoms with van der Waals surface area (Å²) < 4.78 is 18.0. The molecule has 3 nitrogen and oxygen atoms in total. The topological polar surface area (TPSA) is 42.1 Å². The SMILES string of the molecule is COC(=O)c1cc2ccc(Cl)c(F)c2[nH]1. The van der Waals surface area contributed by atoms with Crippen molar-refractivity contribution in [1.82, 2.24) is 4.98 Å². The Morgan fingerprint density at radius 1 is 1.53 bits per heavy atom. The lowest BCUT2D eigenvalue weighted by molar-refractivity contribution is 0.0595. The molecule has 0 aliphatic heterocycles. The van der Waals surface area contributed by atoms with Crippen molar-refractivity contribution in [3.8, 4) is 0 Å². The minimum Gasteiger partial charge on any atom is -0.464 e. The summed E-state index contributed by atoms with van der Waals surface area (Å²) in [5.41, 5.74) is 0.413. The number of aromatic nitrogens is 1. The van der Waals surface area contributed by atoms with Crippen LogP contribution < -0.4 is 0 Å². The van der Waals surface area contributed by atoms with Crippen LogP contribution in [0.25, 0.3) is 10.9 Å². The summed E-state index contributed by atoms with van der Waals surface area (Å²) in [5.74, 6) is -1.11. The molecular weight excluding hydrogens is 221 g/mol. The second-order valence-electron chi connectivity index (χ2n) is 3.00. The van der Waals surface area contributed by atoms with Gasteiger partial charge in [0.25, 0.3) is 0 Å². The van der Waals surface area contributed by atoms with E-state index in [1.165, 1.54) is 19.2 Å². The molecule has 0 saturated heterocycles. The molecule has 0 bridgehead atoms. The molecule has 1 aromatic carbocycles. The zero-order chi connectivity index (χ0) is 11.0. The van der Waals surface area contributed by atoms with Crippen LogP contribution in [0, 0.1) is 5.82 Å². The number of methoxy groups -OCH3 is 1. The van der Waals surface area contributed by atoms with Gasteiger partial charge < -0.3 is 9.72 Å². The highest BCUT2D eigenvalue weighted by Crippen LogP contribution is 2.24. The van der Waals surface area contributed by atoms with Crippen LogP contribution in [0.4, 0.5) is 4.39 Å². The fourth-order valence-electron chi connectivity index (χ4n) is 1.36. The van der Waals surface area contributed by atoms with Crippen molar-refractivity contribution in [3.05, 3.63) is 34.7 Å². The van der Waals surface area contributed by atoms with Crippen molar-refractivity contribution in [2.45, 2.75) is 0 Å². The van der Waals surface area contributed by atoms with Crippen LogP contribution in [0.5, 0.6) is 0 Å². The van der Waals surface area contributed by atoms with Crippen LogP contribution in [0.15, 0.2) is 18.2 Å². The molecule has 0 unspecified atom stereocenters. The van der Waals surface area contributed by atoms with Crippen molar-refractivity contribution < 1.29 is 13.9 Å². The molecule has 1 heterocycles. The molecule has 0 radical (unpaired) electrons. The number of ether oxygens (including phenoxy) is 1. The van der Waals surface area contributed by atoms with Crippen molar-refractivity contribution in [2.75, 3.05) is 7.11 Å². The molecule has 0 aliphatic rings. The highest BCUT2D eigenvalue weighted by Gasteiger charge is 2.13. The minimum absolute atomic E-state index is 0.0146. The van der Waals surface area contributed by atoms with E-state index >= 15 is 0 Å². The first-order valence-electron chi connectivity index (χ1n) is 4.18. The Kier molecular flexibility index (Phi) is 2.36. The van der Waals surface area contributed by atoms with Gasteiger partial charge in [0.05, 0.1) is 17.6 Å². The number of hydrogen-bond donors (Lipinski definition) is 1. The Balaban J connectivity index is 2.66. The first kappa shape index (κ1) is 9.98. The van der Waals surface area contributed by atoms with E-state index in [9.17, 15) is 9.18 Å². The molecule has 15 heavy (non-hydrogen) atoms. The maximum Gasteiger partial charge on any atom is 0.354 e. The van der Waals surface area contributed by atoms with Crippen LogP contribution in [0.2, 0.25) is 5.02 Å². The normalized spacial score (nSPS) is 10.6. The summed E-state index contributed by atoms with van der Waals surface area (Å²) in [5, 5.41) is 0.595. The Labute approximate surface area is 89.8 Å². The lowest BCUT2D eigenvalue weighted by Crippen LogP contribution is -2.00. The van der Waals surface area contributed by atoms with E-state index < -0.39 is 11.8 Å². The van der Waals surface area contributed by atoms with Crippen LogP contribution in [0.3, 0.4) is 0 Å². The first-order valence-corrected chi connectivity index (χ1v) is 4.56. The molecule has 5 heteroatoms. The largest absolute Gasteiger partial charge is 0.464 e. The van der Waals surface area contributed by atoms with Crippen LogP contribution in [-0.4, -0.2) is 18.1 Å². The van der Waals surface area contributed by atoms with Crippen molar-refractivity contribution in [3.63, 3.8) is 0 Å². The van der Waals surface area contributed by atoms with Crippen LogP contribution in [0.1, 0.15) is 10.5 Å². The van der Waals surface area contributed by atoms with E-state index in [0.29, 0.717) is 5.39 Å². The second-order valence-corrected chi connectivity index (χ2v) is 3.41. The first-order chi connectivity index (χ1) is 7.13. The predicted molar refractivity (Wildman–Crippen MR) is 54.6 cm³/mol. The molecule has 78 valence electrons. The number of aromatic amines is 1. The van der Waals surface area contributed by atoms with Gasteiger partial charge in [-0.05, 0) is 12.1 Å². The molecule has 0 amide bonds. The highest BCUT2D eigenvalue weighted by atomic mass is 35.5. The van der Waals surface area contributed by atoms with Crippen LogP contribution in [-0.2, 0) is 4.74 Å². The van der Waals surface area contributed by atoms with E-state index in [0.717, 1.165) is 0 Å². The number of H-pyrrole nitrogens is 1. The summed E-state index contributed by atoms with van der Waals surface area (Å²) in [6, 6.07) is 4.58. The lowest BCUT2D eigenvalue weighted by atomic mass is 10.2. The zero-order valence-electron chi connectivity index (χ0n) is 7.80. The number of halogens is 2. The second kappa shape index (κ2) is 3.55. The maximum atomic E-state index is 13.5. The van der Waals surface area contributed by atoms with E-state index in [1.807, 2.05) is 0 Å². The van der Waals surface area contributed by atoms with Crippen molar-refractivity contribution in [1.29, 1.82) is 0 Å². The monoisotopic (exact) mass is 227 g/mol. The summed E-state index contributed by atoms with van der Waals surface area (Å²) in [7, 11) is 1.26. The van der Waals surface area contributed by atoms with Gasteiger partial charge in [0.1, 0.15) is 5.69 Å². The van der Waals surface area contributed by atoms with Crippen molar-refractivity contribution in [2.24, 2.45) is 0 Å². The van der Waals surface area contributed by atoms with Gasteiger partial charge in [0.2, 0.25) is 0 Å². The number of rotatable bonds is 1. The summed E-state index contributed by atoms with van der Waals surface area (Å²) in [6.45, 7) is 0. The van der Waals surface area contributed by atoms with Crippen LogP contribution >= 0.6 is 11.6 Å². The molecule has 2 aromatic rings. The quantitative estimate of drug-likeness (QED) is 0.762. The molecule has 0 atom stereocenters. The number of nitrogens with one attached hydrogen (secondary N) is 1. The number of hydrogen-bond acceptors (Lipinski definition) is 2. The molecule has 0 fully saturated rings. The van der Waals surface area contributed by atoms with Gasteiger partial charge in [0, 0.05) is 5.39 Å². The number of benzene rings is 1. The van der Waals surface area contributed by atoms with E-state index in [4.69, 9.17) is 11.6 Å². The summed E-state index contributed by atoms with van der Waals surface area (Å²) >= 11 is 5.60. The average Bonchev–Trinajstić information content (AvgIpc) is 2.67. The predicted octanol–water partition coefficient (Wildman–Crippen LogP) is 2.75. The standard InChI is InChI=1S/C10H7ClFNO2/c1-15-10(14)7-4-5-2-3-6(11)8(12)9(5)13-7/h2-4,13H,1H3. The fourth-order valence-corrected chi connectivity index (χ4v) is 1.52. The number of fused-ring (bicyclic) bond motifs is 1. The Morgan fingerprint density at radius 2 is 2.27 bits per heavy atom. The molecule has 1 N–H and O–H groups in total. The molecule has 2 rings (SSSR count). The Hall–Kier alpha value is -1.55. The lowest BCUT2D eigenvalue weighted by Gasteiger charge is -1.94. The van der Waals surface area contributed by atoms with E-state index in [1.54, 1.807) is 6.07 Å². The van der Waals surface area contributed by atoms with Gasteiger partial charge in [-0.15, -0.1) is 0 Å². The third-order valence-electron chi connectivity index (χ3n) is 2.09. The van der Waals surface area contributed by atoms with Gasteiger partial charge in [-0.2, -0.15) is 0 Å². The number of esters is 1. The highest BCUT2D eigenvalue weighted by molar-refractivity contribution is 6.31. The maximum absolute atomic E-state index is 13.5. The van der Waals surface area contributed by atoms with Gasteiger partial charge in [-0.3, -0.25) is 0 Å². The molecule has 0 spiro atoms. The van der Waals surface area contributed by atoms with Crippen molar-refractivity contribution >= 4 is 28.5 Å². The Morgan fingerprint density at radius 3 is 2.93 bits per heavy atom. The zero-order valence-corrected chi connectivity index (χ0v) is 8.56. The molecule has 1 aromatic heterocycles. The third kappa shape index (κ3) is 1.57. The average molecular weight is 228 g/mol. The van der Waals surface area contributed by atoms with Gasteiger partial charge in [0.15, 0.2) is 5.82 Å².